The topological polar surface area (TPSA) is 81.4 Å². The van der Waals surface area contributed by atoms with Gasteiger partial charge in [-0.05, 0) is 40.2 Å². The largest absolute Gasteiger partial charge is 0.497 e. The van der Waals surface area contributed by atoms with Gasteiger partial charge in [0.2, 0.25) is 10.0 Å². The van der Waals surface area contributed by atoms with Crippen molar-refractivity contribution < 1.29 is 13.2 Å². The molecule has 3 N–H and O–H groups in total. The lowest BCUT2D eigenvalue weighted by Gasteiger charge is -2.09. The van der Waals surface area contributed by atoms with E-state index in [-0.39, 0.29) is 17.1 Å². The first kappa shape index (κ1) is 15.3. The Balaban J connectivity index is 2.18. The van der Waals surface area contributed by atoms with Crippen LogP contribution in [0.2, 0.25) is 0 Å². The number of rotatable bonds is 5. The molecule has 8 heteroatoms. The molecule has 0 spiro atoms. The predicted octanol–water partition coefficient (Wildman–Crippen LogP) is 2.58. The van der Waals surface area contributed by atoms with Crippen molar-refractivity contribution in [3.8, 4) is 5.75 Å². The number of benzene rings is 1. The minimum atomic E-state index is -3.64. The monoisotopic (exact) mass is 376 g/mol. The van der Waals surface area contributed by atoms with Crippen molar-refractivity contribution in [2.75, 3.05) is 12.8 Å². The smallest absolute Gasteiger partial charge is 0.242 e. The molecule has 0 aliphatic rings. The molecule has 0 unspecified atom stereocenters. The normalized spacial score (nSPS) is 11.5. The molecule has 1 aromatic heterocycles. The second-order valence-corrected chi connectivity index (χ2v) is 8.22. The van der Waals surface area contributed by atoms with Crippen LogP contribution in [0.3, 0.4) is 0 Å². The molecule has 2 aromatic rings. The Hall–Kier alpha value is -1.09. The molecular formula is C12H13BrN2O3S2. The maximum atomic E-state index is 12.2. The number of sulfonamides is 1. The van der Waals surface area contributed by atoms with Crippen molar-refractivity contribution in [1.29, 1.82) is 0 Å². The lowest BCUT2D eigenvalue weighted by molar-refractivity contribution is 0.414. The van der Waals surface area contributed by atoms with Crippen LogP contribution in [0.25, 0.3) is 0 Å². The van der Waals surface area contributed by atoms with Crippen LogP contribution in [0.5, 0.6) is 5.75 Å². The van der Waals surface area contributed by atoms with Gasteiger partial charge in [-0.25, -0.2) is 13.1 Å². The number of halogens is 1. The lowest BCUT2D eigenvalue weighted by Crippen LogP contribution is -2.23. The van der Waals surface area contributed by atoms with E-state index in [2.05, 4.69) is 20.7 Å². The third-order valence-corrected chi connectivity index (χ3v) is 5.67. The van der Waals surface area contributed by atoms with E-state index in [0.717, 1.165) is 8.66 Å². The first-order valence-corrected chi connectivity index (χ1v) is 8.69. The number of anilines is 1. The van der Waals surface area contributed by atoms with E-state index < -0.39 is 10.0 Å². The fourth-order valence-electron chi connectivity index (χ4n) is 1.59. The molecule has 1 heterocycles. The Morgan fingerprint density at radius 2 is 2.10 bits per heavy atom. The molecule has 0 bridgehead atoms. The van der Waals surface area contributed by atoms with E-state index in [1.165, 1.54) is 30.6 Å². The van der Waals surface area contributed by atoms with Gasteiger partial charge in [-0.15, -0.1) is 11.3 Å². The van der Waals surface area contributed by atoms with Gasteiger partial charge in [0.1, 0.15) is 10.6 Å². The molecule has 20 heavy (non-hydrogen) atoms. The van der Waals surface area contributed by atoms with E-state index >= 15 is 0 Å². The number of ether oxygens (including phenoxy) is 1. The van der Waals surface area contributed by atoms with Crippen molar-refractivity contribution >= 4 is 43.0 Å². The summed E-state index contributed by atoms with van der Waals surface area (Å²) < 4.78 is 32.9. The van der Waals surface area contributed by atoms with E-state index in [4.69, 9.17) is 10.5 Å². The third kappa shape index (κ3) is 3.51. The SMILES string of the molecule is COc1ccc(S(=O)(=O)NCc2ccc(Br)s2)c(N)c1. The second kappa shape index (κ2) is 6.13. The Bertz CT molecular complexity index is 713. The zero-order valence-electron chi connectivity index (χ0n) is 10.6. The first-order valence-electron chi connectivity index (χ1n) is 5.60. The van der Waals surface area contributed by atoms with Crippen LogP contribution in [0, 0.1) is 0 Å². The summed E-state index contributed by atoms with van der Waals surface area (Å²) in [5.74, 6) is 0.517. The van der Waals surface area contributed by atoms with Crippen LogP contribution in [-0.4, -0.2) is 15.5 Å². The van der Waals surface area contributed by atoms with E-state index in [9.17, 15) is 8.42 Å². The standard InChI is InChI=1S/C12H13BrN2O3S2/c1-18-8-2-4-11(10(14)6-8)20(16,17)15-7-9-3-5-12(13)19-9/h2-6,15H,7,14H2,1H3. The maximum Gasteiger partial charge on any atom is 0.242 e. The Morgan fingerprint density at radius 1 is 1.35 bits per heavy atom. The van der Waals surface area contributed by atoms with Gasteiger partial charge >= 0.3 is 0 Å². The summed E-state index contributed by atoms with van der Waals surface area (Å²) in [6.07, 6.45) is 0. The zero-order chi connectivity index (χ0) is 14.8. The summed E-state index contributed by atoms with van der Waals surface area (Å²) >= 11 is 4.80. The summed E-state index contributed by atoms with van der Waals surface area (Å²) in [6.45, 7) is 0.226. The van der Waals surface area contributed by atoms with Crippen LogP contribution in [0.1, 0.15) is 4.88 Å². The van der Waals surface area contributed by atoms with Crippen LogP contribution in [0.4, 0.5) is 5.69 Å². The molecule has 108 valence electrons. The fraction of sp³-hybridized carbons (Fsp3) is 0.167. The summed E-state index contributed by atoms with van der Waals surface area (Å²) in [7, 11) is -2.15. The minimum absolute atomic E-state index is 0.0499. The third-order valence-electron chi connectivity index (χ3n) is 2.57. The summed E-state index contributed by atoms with van der Waals surface area (Å²) in [5.41, 5.74) is 5.91. The highest BCUT2D eigenvalue weighted by molar-refractivity contribution is 9.11. The molecule has 2 rings (SSSR count). The van der Waals surface area contributed by atoms with Crippen LogP contribution in [0.15, 0.2) is 39.0 Å². The first-order chi connectivity index (χ1) is 9.42. The number of nitrogens with one attached hydrogen (secondary N) is 1. The maximum absolute atomic E-state index is 12.2. The molecule has 0 fully saturated rings. The zero-order valence-corrected chi connectivity index (χ0v) is 13.8. The molecule has 0 saturated carbocycles. The summed E-state index contributed by atoms with van der Waals surface area (Å²) in [6, 6.07) is 8.20. The highest BCUT2D eigenvalue weighted by Crippen LogP contribution is 2.25. The van der Waals surface area contributed by atoms with Gasteiger partial charge in [0.05, 0.1) is 16.6 Å². The van der Waals surface area contributed by atoms with Gasteiger partial charge in [-0.2, -0.15) is 0 Å². The summed E-state index contributed by atoms with van der Waals surface area (Å²) in [4.78, 5) is 0.960. The van der Waals surface area contributed by atoms with Gasteiger partial charge in [-0.3, -0.25) is 0 Å². The second-order valence-electron chi connectivity index (χ2n) is 3.93. The van der Waals surface area contributed by atoms with Gasteiger partial charge in [-0.1, -0.05) is 0 Å². The molecule has 5 nitrogen and oxygen atoms in total. The highest BCUT2D eigenvalue weighted by Gasteiger charge is 2.17. The van der Waals surface area contributed by atoms with Crippen LogP contribution in [-0.2, 0) is 16.6 Å². The molecular weight excluding hydrogens is 364 g/mol. The van der Waals surface area contributed by atoms with E-state index in [1.807, 2.05) is 12.1 Å². The van der Waals surface area contributed by atoms with Gasteiger partial charge < -0.3 is 10.5 Å². The van der Waals surface area contributed by atoms with Crippen molar-refractivity contribution in [3.05, 3.63) is 39.0 Å². The molecule has 0 radical (unpaired) electrons. The molecule has 0 amide bonds. The fourth-order valence-corrected chi connectivity index (χ4v) is 4.22. The molecule has 0 aliphatic carbocycles. The Labute approximate surface area is 129 Å². The van der Waals surface area contributed by atoms with Crippen molar-refractivity contribution in [2.45, 2.75) is 11.4 Å². The Morgan fingerprint density at radius 3 is 2.65 bits per heavy atom. The van der Waals surface area contributed by atoms with E-state index in [1.54, 1.807) is 6.07 Å². The minimum Gasteiger partial charge on any atom is -0.497 e. The van der Waals surface area contributed by atoms with Crippen molar-refractivity contribution in [2.24, 2.45) is 0 Å². The number of methoxy groups -OCH3 is 1. The van der Waals surface area contributed by atoms with Crippen LogP contribution < -0.4 is 15.2 Å². The molecule has 0 aliphatic heterocycles. The number of nitrogen functional groups attached to an aromatic ring is 1. The van der Waals surface area contributed by atoms with Crippen molar-refractivity contribution in [3.63, 3.8) is 0 Å². The lowest BCUT2D eigenvalue weighted by atomic mass is 10.3. The number of hydrogen-bond acceptors (Lipinski definition) is 5. The molecule has 0 saturated heterocycles. The average Bonchev–Trinajstić information content (AvgIpc) is 2.82. The number of thiophene rings is 1. The van der Waals surface area contributed by atoms with Gasteiger partial charge in [0.15, 0.2) is 0 Å². The van der Waals surface area contributed by atoms with Gasteiger partial charge in [0, 0.05) is 17.5 Å². The Kier molecular flexibility index (Phi) is 4.69. The number of nitrogens with two attached hydrogens (primary N) is 1. The highest BCUT2D eigenvalue weighted by atomic mass is 79.9. The van der Waals surface area contributed by atoms with Crippen molar-refractivity contribution in [1.82, 2.24) is 4.72 Å². The van der Waals surface area contributed by atoms with Crippen LogP contribution >= 0.6 is 27.3 Å². The predicted molar refractivity (Wildman–Crippen MR) is 83.5 cm³/mol. The summed E-state index contributed by atoms with van der Waals surface area (Å²) in [5, 5.41) is 0. The molecule has 1 aromatic carbocycles. The van der Waals surface area contributed by atoms with E-state index in [0.29, 0.717) is 5.75 Å². The quantitative estimate of drug-likeness (QED) is 0.785. The number of hydrogen-bond donors (Lipinski definition) is 2. The average molecular weight is 377 g/mol. The molecule has 0 atom stereocenters. The van der Waals surface area contributed by atoms with Gasteiger partial charge in [0.25, 0.3) is 0 Å².